The SMILES string of the molecule is Cc1cccc(OCC(O)CNCCN2CCCCC2)c1. The average Bonchev–Trinajstić information content (AvgIpc) is 2.51. The topological polar surface area (TPSA) is 44.7 Å². The van der Waals surface area contributed by atoms with Crippen LogP contribution in [0.4, 0.5) is 0 Å². The maximum atomic E-state index is 9.92. The summed E-state index contributed by atoms with van der Waals surface area (Å²) in [6.07, 6.45) is 3.56. The first kappa shape index (κ1) is 16.3. The maximum Gasteiger partial charge on any atom is 0.119 e. The molecule has 118 valence electrons. The fourth-order valence-corrected chi connectivity index (χ4v) is 2.65. The number of aryl methyl sites for hydroxylation is 1. The molecule has 4 heteroatoms. The summed E-state index contributed by atoms with van der Waals surface area (Å²) in [5.74, 6) is 0.822. The number of benzene rings is 1. The first-order chi connectivity index (χ1) is 10.2. The number of ether oxygens (including phenoxy) is 1. The van der Waals surface area contributed by atoms with E-state index in [1.54, 1.807) is 0 Å². The van der Waals surface area contributed by atoms with Crippen LogP contribution in [-0.4, -0.2) is 55.4 Å². The van der Waals surface area contributed by atoms with E-state index in [1.807, 2.05) is 31.2 Å². The van der Waals surface area contributed by atoms with Crippen LogP contribution in [0, 0.1) is 6.92 Å². The molecule has 1 saturated heterocycles. The Bertz CT molecular complexity index is 406. The third kappa shape index (κ3) is 6.46. The number of piperidine rings is 1. The quantitative estimate of drug-likeness (QED) is 0.717. The molecule has 0 bridgehead atoms. The zero-order valence-electron chi connectivity index (χ0n) is 13.1. The van der Waals surface area contributed by atoms with Crippen molar-refractivity contribution in [3.05, 3.63) is 29.8 Å². The maximum absolute atomic E-state index is 9.92. The van der Waals surface area contributed by atoms with Gasteiger partial charge in [0, 0.05) is 19.6 Å². The van der Waals surface area contributed by atoms with Gasteiger partial charge < -0.3 is 20.1 Å². The van der Waals surface area contributed by atoms with E-state index < -0.39 is 6.10 Å². The van der Waals surface area contributed by atoms with Crippen LogP contribution in [-0.2, 0) is 0 Å². The lowest BCUT2D eigenvalue weighted by molar-refractivity contribution is 0.105. The van der Waals surface area contributed by atoms with Crippen molar-refractivity contribution in [2.24, 2.45) is 0 Å². The van der Waals surface area contributed by atoms with E-state index in [2.05, 4.69) is 10.2 Å². The highest BCUT2D eigenvalue weighted by Gasteiger charge is 2.10. The lowest BCUT2D eigenvalue weighted by atomic mass is 10.1. The summed E-state index contributed by atoms with van der Waals surface area (Å²) < 4.78 is 5.60. The molecular weight excluding hydrogens is 264 g/mol. The lowest BCUT2D eigenvalue weighted by Crippen LogP contribution is -2.39. The van der Waals surface area contributed by atoms with Gasteiger partial charge in [-0.1, -0.05) is 18.6 Å². The summed E-state index contributed by atoms with van der Waals surface area (Å²) in [4.78, 5) is 2.49. The number of hydrogen-bond acceptors (Lipinski definition) is 4. The van der Waals surface area contributed by atoms with Crippen LogP contribution < -0.4 is 10.1 Å². The summed E-state index contributed by atoms with van der Waals surface area (Å²) in [6.45, 7) is 7.40. The molecule has 2 N–H and O–H groups in total. The Morgan fingerprint density at radius 1 is 1.29 bits per heavy atom. The molecule has 0 spiro atoms. The molecule has 0 aromatic heterocycles. The second-order valence-electron chi connectivity index (χ2n) is 5.89. The van der Waals surface area contributed by atoms with Gasteiger partial charge in [0.1, 0.15) is 18.5 Å². The van der Waals surface area contributed by atoms with Crippen molar-refractivity contribution in [2.45, 2.75) is 32.3 Å². The Morgan fingerprint density at radius 3 is 2.86 bits per heavy atom. The van der Waals surface area contributed by atoms with Gasteiger partial charge in [-0.15, -0.1) is 0 Å². The van der Waals surface area contributed by atoms with Crippen molar-refractivity contribution in [3.8, 4) is 5.75 Å². The Labute approximate surface area is 128 Å². The van der Waals surface area contributed by atoms with E-state index >= 15 is 0 Å². The molecule has 1 aromatic carbocycles. The van der Waals surface area contributed by atoms with Gasteiger partial charge in [-0.25, -0.2) is 0 Å². The van der Waals surface area contributed by atoms with Gasteiger partial charge in [0.25, 0.3) is 0 Å². The minimum Gasteiger partial charge on any atom is -0.491 e. The monoisotopic (exact) mass is 292 g/mol. The predicted octanol–water partition coefficient (Wildman–Crippen LogP) is 1.81. The van der Waals surface area contributed by atoms with E-state index in [0.717, 1.165) is 18.8 Å². The smallest absolute Gasteiger partial charge is 0.119 e. The van der Waals surface area contributed by atoms with E-state index in [4.69, 9.17) is 4.74 Å². The van der Waals surface area contributed by atoms with E-state index in [9.17, 15) is 5.11 Å². The van der Waals surface area contributed by atoms with E-state index in [-0.39, 0.29) is 0 Å². The molecule has 0 amide bonds. The van der Waals surface area contributed by atoms with Crippen molar-refractivity contribution in [3.63, 3.8) is 0 Å². The number of rotatable bonds is 8. The van der Waals surface area contributed by atoms with Crippen LogP contribution >= 0.6 is 0 Å². The molecule has 1 atom stereocenters. The number of hydrogen-bond donors (Lipinski definition) is 2. The fraction of sp³-hybridized carbons (Fsp3) is 0.647. The molecule has 1 aliphatic rings. The molecule has 21 heavy (non-hydrogen) atoms. The van der Waals surface area contributed by atoms with Gasteiger partial charge in [0.05, 0.1) is 0 Å². The number of nitrogens with one attached hydrogen (secondary N) is 1. The van der Waals surface area contributed by atoms with Crippen LogP contribution in [0.2, 0.25) is 0 Å². The van der Waals surface area contributed by atoms with Gasteiger partial charge in [0.15, 0.2) is 0 Å². The summed E-state index contributed by atoms with van der Waals surface area (Å²) in [6, 6.07) is 7.90. The van der Waals surface area contributed by atoms with Gasteiger partial charge >= 0.3 is 0 Å². The fourth-order valence-electron chi connectivity index (χ4n) is 2.65. The molecule has 1 unspecified atom stereocenters. The van der Waals surface area contributed by atoms with Gasteiger partial charge in [-0.2, -0.15) is 0 Å². The van der Waals surface area contributed by atoms with Crippen molar-refractivity contribution in [1.29, 1.82) is 0 Å². The highest BCUT2D eigenvalue weighted by atomic mass is 16.5. The first-order valence-electron chi connectivity index (χ1n) is 8.04. The molecule has 0 saturated carbocycles. The second-order valence-corrected chi connectivity index (χ2v) is 5.89. The first-order valence-corrected chi connectivity index (χ1v) is 8.04. The highest BCUT2D eigenvalue weighted by molar-refractivity contribution is 5.27. The van der Waals surface area contributed by atoms with Crippen LogP contribution in [0.3, 0.4) is 0 Å². The van der Waals surface area contributed by atoms with Gasteiger partial charge in [0.2, 0.25) is 0 Å². The number of aliphatic hydroxyl groups excluding tert-OH is 1. The minimum atomic E-state index is -0.466. The summed E-state index contributed by atoms with van der Waals surface area (Å²) >= 11 is 0. The Kier molecular flexibility index (Phi) is 7.00. The van der Waals surface area contributed by atoms with Crippen molar-refractivity contribution < 1.29 is 9.84 Å². The largest absolute Gasteiger partial charge is 0.491 e. The highest BCUT2D eigenvalue weighted by Crippen LogP contribution is 2.12. The molecule has 1 heterocycles. The van der Waals surface area contributed by atoms with Crippen LogP contribution in [0.25, 0.3) is 0 Å². The standard InChI is InChI=1S/C17H28N2O2/c1-15-6-5-7-17(12-15)21-14-16(20)13-18-8-11-19-9-3-2-4-10-19/h5-7,12,16,18,20H,2-4,8-11,13-14H2,1H3. The molecule has 2 rings (SSSR count). The third-order valence-corrected chi connectivity index (χ3v) is 3.87. The Morgan fingerprint density at radius 2 is 2.10 bits per heavy atom. The van der Waals surface area contributed by atoms with Crippen molar-refractivity contribution >= 4 is 0 Å². The van der Waals surface area contributed by atoms with Gasteiger partial charge in [-0.3, -0.25) is 0 Å². The molecule has 0 aliphatic carbocycles. The van der Waals surface area contributed by atoms with Crippen LogP contribution in [0.15, 0.2) is 24.3 Å². The summed E-state index contributed by atoms with van der Waals surface area (Å²) in [5, 5.41) is 13.2. The summed E-state index contributed by atoms with van der Waals surface area (Å²) in [7, 11) is 0. The number of nitrogens with zero attached hydrogens (tertiary/aromatic N) is 1. The zero-order valence-corrected chi connectivity index (χ0v) is 13.1. The lowest BCUT2D eigenvalue weighted by Gasteiger charge is -2.26. The molecule has 4 nitrogen and oxygen atoms in total. The number of aliphatic hydroxyl groups is 1. The van der Waals surface area contributed by atoms with Crippen LogP contribution in [0.1, 0.15) is 24.8 Å². The van der Waals surface area contributed by atoms with Crippen molar-refractivity contribution in [1.82, 2.24) is 10.2 Å². The van der Waals surface area contributed by atoms with Crippen molar-refractivity contribution in [2.75, 3.05) is 39.3 Å². The third-order valence-electron chi connectivity index (χ3n) is 3.87. The number of likely N-dealkylation sites (tertiary alicyclic amines) is 1. The summed E-state index contributed by atoms with van der Waals surface area (Å²) in [5.41, 5.74) is 1.17. The van der Waals surface area contributed by atoms with Gasteiger partial charge in [-0.05, 0) is 50.6 Å². The molecule has 1 aliphatic heterocycles. The molecule has 1 fully saturated rings. The van der Waals surface area contributed by atoms with Crippen LogP contribution in [0.5, 0.6) is 5.75 Å². The zero-order chi connectivity index (χ0) is 14.9. The normalized spacial score (nSPS) is 17.6. The van der Waals surface area contributed by atoms with E-state index in [0.29, 0.717) is 13.2 Å². The molecule has 1 aromatic rings. The van der Waals surface area contributed by atoms with E-state index in [1.165, 1.54) is 37.9 Å². The average molecular weight is 292 g/mol. The predicted molar refractivity (Wildman–Crippen MR) is 85.8 cm³/mol. The Hall–Kier alpha value is -1.10. The second kappa shape index (κ2) is 9.03. The molecular formula is C17H28N2O2. The Balaban J connectivity index is 1.54. The minimum absolute atomic E-state index is 0.333. The molecule has 0 radical (unpaired) electrons.